The molecule has 1 saturated carbocycles. The Morgan fingerprint density at radius 1 is 1.44 bits per heavy atom. The van der Waals surface area contributed by atoms with Gasteiger partial charge in [0.25, 0.3) is 0 Å². The molecule has 1 aliphatic carbocycles. The molecule has 16 heavy (non-hydrogen) atoms. The zero-order valence-corrected chi connectivity index (χ0v) is 10.6. The number of nitrogens with zero attached hydrogens (tertiary/aromatic N) is 2. The molecule has 0 saturated heterocycles. The number of anilines is 1. The van der Waals surface area contributed by atoms with Crippen LogP contribution < -0.4 is 5.32 Å². The van der Waals surface area contributed by atoms with E-state index in [0.717, 1.165) is 11.9 Å². The topological polar surface area (TPSA) is 29.9 Å². The van der Waals surface area contributed by atoms with Gasteiger partial charge in [-0.2, -0.15) is 0 Å². The van der Waals surface area contributed by atoms with Gasteiger partial charge < -0.3 is 9.88 Å². The molecule has 2 unspecified atom stereocenters. The van der Waals surface area contributed by atoms with E-state index in [1.165, 1.54) is 25.7 Å². The van der Waals surface area contributed by atoms with Crippen LogP contribution >= 0.6 is 0 Å². The highest BCUT2D eigenvalue weighted by Gasteiger charge is 2.21. The monoisotopic (exact) mass is 221 g/mol. The highest BCUT2D eigenvalue weighted by molar-refractivity contribution is 5.27. The Balaban J connectivity index is 2.10. The largest absolute Gasteiger partial charge is 0.353 e. The van der Waals surface area contributed by atoms with Gasteiger partial charge in [-0.1, -0.05) is 19.8 Å². The van der Waals surface area contributed by atoms with Gasteiger partial charge in [-0.3, -0.25) is 0 Å². The molecule has 90 valence electrons. The minimum absolute atomic E-state index is 0.446. The number of nitrogens with one attached hydrogen (secondary N) is 1. The van der Waals surface area contributed by atoms with Crippen molar-refractivity contribution >= 4 is 5.95 Å². The van der Waals surface area contributed by atoms with Gasteiger partial charge in [-0.25, -0.2) is 4.98 Å². The Kier molecular flexibility index (Phi) is 3.52. The molecule has 1 N–H and O–H groups in total. The zero-order valence-electron chi connectivity index (χ0n) is 10.6. The summed E-state index contributed by atoms with van der Waals surface area (Å²) in [4.78, 5) is 4.41. The van der Waals surface area contributed by atoms with E-state index >= 15 is 0 Å². The molecule has 3 nitrogen and oxygen atoms in total. The maximum absolute atomic E-state index is 4.41. The van der Waals surface area contributed by atoms with Crippen LogP contribution in [0.5, 0.6) is 0 Å². The van der Waals surface area contributed by atoms with Crippen molar-refractivity contribution < 1.29 is 0 Å². The highest BCUT2D eigenvalue weighted by atomic mass is 15.2. The van der Waals surface area contributed by atoms with Gasteiger partial charge in [0.05, 0.1) is 0 Å². The average molecular weight is 221 g/mol. The minimum Gasteiger partial charge on any atom is -0.353 e. The molecule has 0 aliphatic heterocycles. The lowest BCUT2D eigenvalue weighted by Gasteiger charge is -2.29. The van der Waals surface area contributed by atoms with Gasteiger partial charge in [-0.15, -0.1) is 0 Å². The van der Waals surface area contributed by atoms with Crippen LogP contribution in [0.1, 0.15) is 52.5 Å². The Hall–Kier alpha value is -0.990. The first-order valence-corrected chi connectivity index (χ1v) is 6.46. The third kappa shape index (κ3) is 2.57. The normalized spacial score (nSPS) is 26.0. The highest BCUT2D eigenvalue weighted by Crippen LogP contribution is 2.33. The molecule has 3 heteroatoms. The smallest absolute Gasteiger partial charge is 0.203 e. The lowest BCUT2D eigenvalue weighted by atomic mass is 9.87. The van der Waals surface area contributed by atoms with Crippen molar-refractivity contribution in [3.8, 4) is 0 Å². The van der Waals surface area contributed by atoms with Gasteiger partial charge in [-0.05, 0) is 32.6 Å². The molecule has 0 bridgehead atoms. The molecule has 1 aliphatic rings. The second-order valence-electron chi connectivity index (χ2n) is 5.38. The van der Waals surface area contributed by atoms with Crippen molar-refractivity contribution in [2.45, 2.75) is 58.5 Å². The first kappa shape index (κ1) is 11.5. The maximum atomic E-state index is 4.41. The molecule has 0 aromatic carbocycles. The summed E-state index contributed by atoms with van der Waals surface area (Å²) < 4.78 is 2.33. The van der Waals surface area contributed by atoms with Gasteiger partial charge in [0.2, 0.25) is 5.95 Å². The second-order valence-corrected chi connectivity index (χ2v) is 5.38. The molecule has 1 heterocycles. The van der Waals surface area contributed by atoms with E-state index in [2.05, 4.69) is 41.8 Å². The summed E-state index contributed by atoms with van der Waals surface area (Å²) in [6.45, 7) is 6.67. The van der Waals surface area contributed by atoms with Crippen molar-refractivity contribution in [3.05, 3.63) is 12.4 Å². The van der Waals surface area contributed by atoms with Crippen molar-refractivity contribution in [2.75, 3.05) is 5.32 Å². The molecule has 1 fully saturated rings. The molecule has 2 rings (SSSR count). The van der Waals surface area contributed by atoms with E-state index < -0.39 is 0 Å². The van der Waals surface area contributed by atoms with Crippen molar-refractivity contribution in [3.63, 3.8) is 0 Å². The van der Waals surface area contributed by atoms with Crippen LogP contribution in [0.2, 0.25) is 0 Å². The van der Waals surface area contributed by atoms with Crippen LogP contribution in [0, 0.1) is 5.92 Å². The summed E-state index contributed by atoms with van der Waals surface area (Å²) in [7, 11) is 0. The standard InChI is InChI=1S/C13H23N3/c1-10(2)15-13-14-7-8-16(13)12-6-4-5-11(3)9-12/h7-8,10-12H,4-6,9H2,1-3H3,(H,14,15). The number of imidazole rings is 1. The predicted octanol–water partition coefficient (Wildman–Crippen LogP) is 3.45. The molecule has 0 spiro atoms. The quantitative estimate of drug-likeness (QED) is 0.847. The molecular formula is C13H23N3. The van der Waals surface area contributed by atoms with Crippen LogP contribution in [0.25, 0.3) is 0 Å². The van der Waals surface area contributed by atoms with E-state index in [1.54, 1.807) is 0 Å². The fourth-order valence-corrected chi connectivity index (χ4v) is 2.63. The summed E-state index contributed by atoms with van der Waals surface area (Å²) in [5.41, 5.74) is 0. The van der Waals surface area contributed by atoms with Gasteiger partial charge in [0.1, 0.15) is 0 Å². The molecule has 1 aromatic heterocycles. The first-order chi connectivity index (χ1) is 7.66. The summed E-state index contributed by atoms with van der Waals surface area (Å²) in [6.07, 6.45) is 9.36. The minimum atomic E-state index is 0.446. The van der Waals surface area contributed by atoms with Crippen LogP contribution in [0.15, 0.2) is 12.4 Å². The third-order valence-electron chi connectivity index (χ3n) is 3.39. The van der Waals surface area contributed by atoms with E-state index in [0.29, 0.717) is 12.1 Å². The van der Waals surface area contributed by atoms with Crippen molar-refractivity contribution in [1.82, 2.24) is 9.55 Å². The Bertz CT molecular complexity index is 330. The van der Waals surface area contributed by atoms with Crippen LogP contribution in [0.4, 0.5) is 5.95 Å². The Morgan fingerprint density at radius 3 is 2.94 bits per heavy atom. The predicted molar refractivity (Wildman–Crippen MR) is 67.7 cm³/mol. The van der Waals surface area contributed by atoms with E-state index in [9.17, 15) is 0 Å². The number of rotatable bonds is 3. The number of hydrogen-bond acceptors (Lipinski definition) is 2. The lowest BCUT2D eigenvalue weighted by molar-refractivity contribution is 0.284. The molecule has 0 amide bonds. The van der Waals surface area contributed by atoms with E-state index in [1.807, 2.05) is 6.20 Å². The van der Waals surface area contributed by atoms with Crippen LogP contribution in [-0.2, 0) is 0 Å². The molecule has 0 radical (unpaired) electrons. The zero-order chi connectivity index (χ0) is 11.5. The fourth-order valence-electron chi connectivity index (χ4n) is 2.63. The van der Waals surface area contributed by atoms with E-state index in [4.69, 9.17) is 0 Å². The molecule has 2 atom stereocenters. The fraction of sp³-hybridized carbons (Fsp3) is 0.769. The van der Waals surface area contributed by atoms with Crippen LogP contribution in [0.3, 0.4) is 0 Å². The Morgan fingerprint density at radius 2 is 2.25 bits per heavy atom. The Labute approximate surface area is 98.3 Å². The van der Waals surface area contributed by atoms with Gasteiger partial charge in [0, 0.05) is 24.5 Å². The lowest BCUT2D eigenvalue weighted by Crippen LogP contribution is -2.21. The van der Waals surface area contributed by atoms with Crippen molar-refractivity contribution in [2.24, 2.45) is 5.92 Å². The molecule has 1 aromatic rings. The molecular weight excluding hydrogens is 198 g/mol. The first-order valence-electron chi connectivity index (χ1n) is 6.46. The SMILES string of the molecule is CC1CCCC(n2ccnc2NC(C)C)C1. The number of hydrogen-bond donors (Lipinski definition) is 1. The van der Waals surface area contributed by atoms with Gasteiger partial charge >= 0.3 is 0 Å². The number of aromatic nitrogens is 2. The summed E-state index contributed by atoms with van der Waals surface area (Å²) >= 11 is 0. The average Bonchev–Trinajstić information content (AvgIpc) is 2.65. The van der Waals surface area contributed by atoms with Crippen molar-refractivity contribution in [1.29, 1.82) is 0 Å². The summed E-state index contributed by atoms with van der Waals surface area (Å²) in [6, 6.07) is 1.09. The third-order valence-corrected chi connectivity index (χ3v) is 3.39. The maximum Gasteiger partial charge on any atom is 0.203 e. The van der Waals surface area contributed by atoms with Gasteiger partial charge in [0.15, 0.2) is 0 Å². The summed E-state index contributed by atoms with van der Waals surface area (Å²) in [5, 5.41) is 3.42. The summed E-state index contributed by atoms with van der Waals surface area (Å²) in [5.74, 6) is 1.89. The van der Waals surface area contributed by atoms with Crippen LogP contribution in [-0.4, -0.2) is 15.6 Å². The second kappa shape index (κ2) is 4.89. The van der Waals surface area contributed by atoms with E-state index in [-0.39, 0.29) is 0 Å².